The molecule has 1 aromatic rings. The van der Waals surface area contributed by atoms with Crippen LogP contribution >= 0.6 is 0 Å². The Kier molecular flexibility index (Phi) is 4.25. The number of benzene rings is 1. The monoisotopic (exact) mass is 305 g/mol. The zero-order chi connectivity index (χ0) is 15.7. The summed E-state index contributed by atoms with van der Waals surface area (Å²) in [4.78, 5) is 14.8. The fourth-order valence-corrected chi connectivity index (χ4v) is 3.64. The molecule has 2 fully saturated rings. The third kappa shape index (κ3) is 2.77. The van der Waals surface area contributed by atoms with Crippen molar-refractivity contribution in [3.8, 4) is 11.5 Å². The van der Waals surface area contributed by atoms with E-state index >= 15 is 0 Å². The summed E-state index contributed by atoms with van der Waals surface area (Å²) in [6.07, 6.45) is 4.32. The largest absolute Gasteiger partial charge is 0.493 e. The number of piperidine rings is 1. The fourth-order valence-electron chi connectivity index (χ4n) is 3.64. The molecule has 2 atom stereocenters. The Balaban J connectivity index is 1.67. The minimum atomic E-state index is -0.282. The number of carbonyl (C=O) groups is 1. The van der Waals surface area contributed by atoms with Gasteiger partial charge in [0.1, 0.15) is 6.10 Å². The molecule has 0 amide bonds. The predicted octanol–water partition coefficient (Wildman–Crippen LogP) is 2.49. The highest BCUT2D eigenvalue weighted by molar-refractivity contribution is 5.90. The molecule has 3 rings (SSSR count). The molecular formula is C17H23NO4. The molecule has 0 radical (unpaired) electrons. The Morgan fingerprint density at radius 3 is 2.32 bits per heavy atom. The van der Waals surface area contributed by atoms with Gasteiger partial charge in [-0.05, 0) is 38.1 Å². The second-order valence-electron chi connectivity index (χ2n) is 6.12. The van der Waals surface area contributed by atoms with Gasteiger partial charge < -0.3 is 19.1 Å². The lowest BCUT2D eigenvalue weighted by molar-refractivity contribution is -0.000478. The zero-order valence-electron chi connectivity index (χ0n) is 13.4. The minimum absolute atomic E-state index is 0.0225. The van der Waals surface area contributed by atoms with E-state index in [9.17, 15) is 4.79 Å². The van der Waals surface area contributed by atoms with Crippen LogP contribution in [0.2, 0.25) is 0 Å². The van der Waals surface area contributed by atoms with E-state index < -0.39 is 0 Å². The van der Waals surface area contributed by atoms with Crippen LogP contribution in [0, 0.1) is 0 Å². The maximum Gasteiger partial charge on any atom is 0.338 e. The first kappa shape index (κ1) is 15.2. The third-order valence-electron chi connectivity index (χ3n) is 4.95. The predicted molar refractivity (Wildman–Crippen MR) is 82.6 cm³/mol. The molecule has 0 aliphatic carbocycles. The Bertz CT molecular complexity index is 546. The van der Waals surface area contributed by atoms with Gasteiger partial charge in [0.15, 0.2) is 11.5 Å². The van der Waals surface area contributed by atoms with Gasteiger partial charge in [0.05, 0.1) is 19.8 Å². The molecule has 0 saturated carbocycles. The number of carbonyl (C=O) groups excluding carboxylic acids is 1. The second-order valence-corrected chi connectivity index (χ2v) is 6.12. The number of rotatable bonds is 4. The van der Waals surface area contributed by atoms with Crippen molar-refractivity contribution in [1.29, 1.82) is 0 Å². The van der Waals surface area contributed by atoms with E-state index in [2.05, 4.69) is 11.9 Å². The molecule has 5 nitrogen and oxygen atoms in total. The van der Waals surface area contributed by atoms with Crippen LogP contribution in [-0.2, 0) is 4.74 Å². The Labute approximate surface area is 131 Å². The Morgan fingerprint density at radius 1 is 1.09 bits per heavy atom. The zero-order valence-corrected chi connectivity index (χ0v) is 13.4. The average molecular weight is 305 g/mol. The molecule has 2 bridgehead atoms. The van der Waals surface area contributed by atoms with Crippen molar-refractivity contribution in [2.75, 3.05) is 21.3 Å². The van der Waals surface area contributed by atoms with Crippen LogP contribution in [-0.4, -0.2) is 50.3 Å². The standard InChI is InChI=1S/C17H23NO4/c1-18-12-5-6-13(18)10-14(9-12)22-17(19)11-4-7-15(20-2)16(8-11)21-3/h4,7-8,12-14H,5-6,9-10H2,1-3H3/t12-,13-/m0/s1. The van der Waals surface area contributed by atoms with Gasteiger partial charge in [-0.1, -0.05) is 0 Å². The summed E-state index contributed by atoms with van der Waals surface area (Å²) in [6, 6.07) is 6.23. The van der Waals surface area contributed by atoms with Crippen LogP contribution in [0.15, 0.2) is 18.2 Å². The van der Waals surface area contributed by atoms with Crippen molar-refractivity contribution in [3.63, 3.8) is 0 Å². The highest BCUT2D eigenvalue weighted by atomic mass is 16.5. The number of hydrogen-bond acceptors (Lipinski definition) is 5. The maximum atomic E-state index is 12.4. The second kappa shape index (κ2) is 6.16. The first-order valence-electron chi connectivity index (χ1n) is 7.77. The lowest BCUT2D eigenvalue weighted by Gasteiger charge is -2.35. The number of methoxy groups -OCH3 is 2. The van der Waals surface area contributed by atoms with Crippen LogP contribution in [0.3, 0.4) is 0 Å². The summed E-state index contributed by atoms with van der Waals surface area (Å²) in [5.74, 6) is 0.867. The highest BCUT2D eigenvalue weighted by Crippen LogP contribution is 2.36. The third-order valence-corrected chi connectivity index (χ3v) is 4.95. The average Bonchev–Trinajstić information content (AvgIpc) is 2.76. The molecule has 120 valence electrons. The SMILES string of the molecule is COc1ccc(C(=O)OC2C[C@@H]3CC[C@@H](C2)N3C)cc1OC. The van der Waals surface area contributed by atoms with Gasteiger partial charge in [-0.25, -0.2) is 4.79 Å². The van der Waals surface area contributed by atoms with E-state index in [-0.39, 0.29) is 12.1 Å². The van der Waals surface area contributed by atoms with Crippen LogP contribution in [0.25, 0.3) is 0 Å². The molecule has 2 aliphatic heterocycles. The first-order valence-corrected chi connectivity index (χ1v) is 7.77. The summed E-state index contributed by atoms with van der Waals surface area (Å²) < 4.78 is 16.1. The normalized spacial score (nSPS) is 27.5. The van der Waals surface area contributed by atoms with E-state index in [4.69, 9.17) is 14.2 Å². The lowest BCUT2D eigenvalue weighted by atomic mass is 10.0. The molecule has 1 aromatic carbocycles. The molecule has 2 saturated heterocycles. The first-order chi connectivity index (χ1) is 10.6. The molecule has 2 heterocycles. The van der Waals surface area contributed by atoms with Crippen molar-refractivity contribution in [2.45, 2.75) is 43.9 Å². The van der Waals surface area contributed by atoms with Crippen molar-refractivity contribution in [1.82, 2.24) is 4.90 Å². The topological polar surface area (TPSA) is 48.0 Å². The van der Waals surface area contributed by atoms with Crippen molar-refractivity contribution >= 4 is 5.97 Å². The Morgan fingerprint density at radius 2 is 1.73 bits per heavy atom. The minimum Gasteiger partial charge on any atom is -0.493 e. The van der Waals surface area contributed by atoms with Gasteiger partial charge in [-0.15, -0.1) is 0 Å². The maximum absolute atomic E-state index is 12.4. The molecule has 0 spiro atoms. The van der Waals surface area contributed by atoms with E-state index in [1.54, 1.807) is 32.4 Å². The highest BCUT2D eigenvalue weighted by Gasteiger charge is 2.39. The van der Waals surface area contributed by atoms with Crippen LogP contribution < -0.4 is 9.47 Å². The molecule has 2 aliphatic rings. The van der Waals surface area contributed by atoms with Crippen LogP contribution in [0.5, 0.6) is 11.5 Å². The molecule has 0 unspecified atom stereocenters. The number of ether oxygens (including phenoxy) is 3. The Hall–Kier alpha value is -1.75. The summed E-state index contributed by atoms with van der Waals surface area (Å²) in [5.41, 5.74) is 0.504. The van der Waals surface area contributed by atoms with Crippen molar-refractivity contribution in [2.24, 2.45) is 0 Å². The van der Waals surface area contributed by atoms with Gasteiger partial charge in [-0.2, -0.15) is 0 Å². The smallest absolute Gasteiger partial charge is 0.338 e. The molecule has 5 heteroatoms. The molecule has 0 N–H and O–H groups in total. The van der Waals surface area contributed by atoms with Gasteiger partial charge in [-0.3, -0.25) is 0 Å². The fraction of sp³-hybridized carbons (Fsp3) is 0.588. The number of esters is 1. The molecule has 22 heavy (non-hydrogen) atoms. The summed E-state index contributed by atoms with van der Waals surface area (Å²) >= 11 is 0. The lowest BCUT2D eigenvalue weighted by Crippen LogP contribution is -2.43. The van der Waals surface area contributed by atoms with Gasteiger partial charge in [0, 0.05) is 24.9 Å². The summed E-state index contributed by atoms with van der Waals surface area (Å²) in [5, 5.41) is 0. The number of fused-ring (bicyclic) bond motifs is 2. The molecule has 0 aromatic heterocycles. The van der Waals surface area contributed by atoms with Crippen molar-refractivity contribution < 1.29 is 19.0 Å². The number of hydrogen-bond donors (Lipinski definition) is 0. The van der Waals surface area contributed by atoms with Crippen LogP contribution in [0.4, 0.5) is 0 Å². The molecular weight excluding hydrogens is 282 g/mol. The van der Waals surface area contributed by atoms with E-state index in [0.717, 1.165) is 12.8 Å². The van der Waals surface area contributed by atoms with Gasteiger partial charge in [0.25, 0.3) is 0 Å². The van der Waals surface area contributed by atoms with Crippen LogP contribution in [0.1, 0.15) is 36.0 Å². The van der Waals surface area contributed by atoms with E-state index in [1.165, 1.54) is 12.8 Å². The quantitative estimate of drug-likeness (QED) is 0.800. The number of nitrogens with zero attached hydrogens (tertiary/aromatic N) is 1. The van der Waals surface area contributed by atoms with Gasteiger partial charge in [0.2, 0.25) is 0 Å². The van der Waals surface area contributed by atoms with E-state index in [0.29, 0.717) is 29.1 Å². The van der Waals surface area contributed by atoms with Crippen molar-refractivity contribution in [3.05, 3.63) is 23.8 Å². The van der Waals surface area contributed by atoms with Gasteiger partial charge >= 0.3 is 5.97 Å². The summed E-state index contributed by atoms with van der Waals surface area (Å²) in [7, 11) is 5.31. The summed E-state index contributed by atoms with van der Waals surface area (Å²) in [6.45, 7) is 0. The van der Waals surface area contributed by atoms with E-state index in [1.807, 2.05) is 0 Å².